The van der Waals surface area contributed by atoms with Crippen LogP contribution in [-0.2, 0) is 0 Å². The molecule has 0 radical (unpaired) electrons. The van der Waals surface area contributed by atoms with E-state index in [4.69, 9.17) is 0 Å². The molecule has 4 nitrogen and oxygen atoms in total. The van der Waals surface area contributed by atoms with Gasteiger partial charge in [0.1, 0.15) is 0 Å². The van der Waals surface area contributed by atoms with E-state index in [2.05, 4.69) is 50.0 Å². The maximum absolute atomic E-state index is 4.41. The lowest BCUT2D eigenvalue weighted by molar-refractivity contribution is 0.533. The number of hydrogen-bond acceptors (Lipinski definition) is 4. The zero-order valence-electron chi connectivity index (χ0n) is 11.1. The van der Waals surface area contributed by atoms with Gasteiger partial charge in [0.05, 0.1) is 4.47 Å². The fraction of sp³-hybridized carbons (Fsp3) is 0.692. The van der Waals surface area contributed by atoms with E-state index in [1.165, 1.54) is 12.8 Å². The quantitative estimate of drug-likeness (QED) is 0.906. The molecule has 1 N–H and O–H groups in total. The topological polar surface area (TPSA) is 41.0 Å². The molecule has 0 spiro atoms. The van der Waals surface area contributed by atoms with E-state index in [1.54, 1.807) is 0 Å². The molecule has 1 aromatic rings. The SMILES string of the molecule is CC(C)CN(CC1CCCN1)c1ncc(Br)cn1. The number of nitrogens with one attached hydrogen (secondary N) is 1. The Labute approximate surface area is 117 Å². The molecule has 2 heterocycles. The second kappa shape index (κ2) is 6.48. The third-order valence-corrected chi connectivity index (χ3v) is 3.49. The minimum absolute atomic E-state index is 0.580. The second-order valence-corrected chi connectivity index (χ2v) is 6.21. The van der Waals surface area contributed by atoms with Gasteiger partial charge in [0, 0.05) is 31.5 Å². The largest absolute Gasteiger partial charge is 0.339 e. The summed E-state index contributed by atoms with van der Waals surface area (Å²) in [4.78, 5) is 11.1. The van der Waals surface area contributed by atoms with Crippen LogP contribution >= 0.6 is 15.9 Å². The number of nitrogens with zero attached hydrogens (tertiary/aromatic N) is 3. The first-order valence-corrected chi connectivity index (χ1v) is 7.40. The zero-order chi connectivity index (χ0) is 13.0. The van der Waals surface area contributed by atoms with Crippen LogP contribution in [0.25, 0.3) is 0 Å². The Bertz CT molecular complexity index is 360. The third-order valence-electron chi connectivity index (χ3n) is 3.08. The number of hydrogen-bond donors (Lipinski definition) is 1. The first-order chi connectivity index (χ1) is 8.65. The van der Waals surface area contributed by atoms with Gasteiger partial charge < -0.3 is 10.2 Å². The highest BCUT2D eigenvalue weighted by Gasteiger charge is 2.20. The molecule has 1 atom stereocenters. The van der Waals surface area contributed by atoms with Crippen molar-refractivity contribution in [2.24, 2.45) is 5.92 Å². The van der Waals surface area contributed by atoms with Crippen LogP contribution in [0, 0.1) is 5.92 Å². The van der Waals surface area contributed by atoms with E-state index in [0.717, 1.165) is 30.1 Å². The highest BCUT2D eigenvalue weighted by molar-refractivity contribution is 9.10. The lowest BCUT2D eigenvalue weighted by Crippen LogP contribution is -2.40. The summed E-state index contributed by atoms with van der Waals surface area (Å²) in [6, 6.07) is 0.580. The molecule has 0 amide bonds. The molecule has 1 saturated heterocycles. The molecule has 0 saturated carbocycles. The average molecular weight is 313 g/mol. The van der Waals surface area contributed by atoms with Gasteiger partial charge in [-0.25, -0.2) is 9.97 Å². The van der Waals surface area contributed by atoms with Crippen LogP contribution in [0.4, 0.5) is 5.95 Å². The van der Waals surface area contributed by atoms with E-state index in [1.807, 2.05) is 12.4 Å². The van der Waals surface area contributed by atoms with Gasteiger partial charge in [0.25, 0.3) is 0 Å². The summed E-state index contributed by atoms with van der Waals surface area (Å²) in [6.45, 7) is 7.60. The Morgan fingerprint density at radius 3 is 2.72 bits per heavy atom. The Morgan fingerprint density at radius 1 is 1.44 bits per heavy atom. The number of rotatable bonds is 5. The van der Waals surface area contributed by atoms with Crippen LogP contribution in [0.2, 0.25) is 0 Å². The normalized spacial score (nSPS) is 19.4. The molecular formula is C13H21BrN4. The summed E-state index contributed by atoms with van der Waals surface area (Å²) in [6.07, 6.45) is 6.17. The average Bonchev–Trinajstić information content (AvgIpc) is 2.81. The fourth-order valence-corrected chi connectivity index (χ4v) is 2.53. The van der Waals surface area contributed by atoms with Crippen LogP contribution in [0.5, 0.6) is 0 Å². The Kier molecular flexibility index (Phi) is 4.95. The highest BCUT2D eigenvalue weighted by atomic mass is 79.9. The molecule has 2 rings (SSSR count). The van der Waals surface area contributed by atoms with Gasteiger partial charge in [0.15, 0.2) is 0 Å². The van der Waals surface area contributed by atoms with Crippen LogP contribution in [0.15, 0.2) is 16.9 Å². The molecule has 1 unspecified atom stereocenters. The lowest BCUT2D eigenvalue weighted by Gasteiger charge is -2.27. The summed E-state index contributed by atoms with van der Waals surface area (Å²) < 4.78 is 0.926. The molecule has 1 aliphatic rings. The van der Waals surface area contributed by atoms with Gasteiger partial charge >= 0.3 is 0 Å². The predicted molar refractivity (Wildman–Crippen MR) is 77.8 cm³/mol. The number of halogens is 1. The number of aromatic nitrogens is 2. The minimum Gasteiger partial charge on any atom is -0.339 e. The first-order valence-electron chi connectivity index (χ1n) is 6.61. The molecule has 1 fully saturated rings. The first kappa shape index (κ1) is 13.7. The van der Waals surface area contributed by atoms with Crippen LogP contribution < -0.4 is 10.2 Å². The standard InChI is InChI=1S/C13H21BrN4/c1-10(2)8-18(9-12-4-3-5-15-12)13-16-6-11(14)7-17-13/h6-7,10,12,15H,3-5,8-9H2,1-2H3. The summed E-state index contributed by atoms with van der Waals surface area (Å²) in [5, 5.41) is 3.53. The molecule has 0 bridgehead atoms. The van der Waals surface area contributed by atoms with Crippen molar-refractivity contribution in [2.75, 3.05) is 24.5 Å². The molecule has 18 heavy (non-hydrogen) atoms. The van der Waals surface area contributed by atoms with Gasteiger partial charge in [-0.3, -0.25) is 0 Å². The molecule has 5 heteroatoms. The lowest BCUT2D eigenvalue weighted by atomic mass is 10.1. The van der Waals surface area contributed by atoms with Crippen molar-refractivity contribution in [1.82, 2.24) is 15.3 Å². The van der Waals surface area contributed by atoms with Crippen molar-refractivity contribution < 1.29 is 0 Å². The highest BCUT2D eigenvalue weighted by Crippen LogP contribution is 2.15. The van der Waals surface area contributed by atoms with Crippen molar-refractivity contribution in [2.45, 2.75) is 32.7 Å². The number of anilines is 1. The monoisotopic (exact) mass is 312 g/mol. The van der Waals surface area contributed by atoms with Crippen LogP contribution in [-0.4, -0.2) is 35.6 Å². The van der Waals surface area contributed by atoms with Gasteiger partial charge in [-0.2, -0.15) is 0 Å². The van der Waals surface area contributed by atoms with Crippen LogP contribution in [0.3, 0.4) is 0 Å². The van der Waals surface area contributed by atoms with Crippen molar-refractivity contribution in [3.63, 3.8) is 0 Å². The molecule has 100 valence electrons. The summed E-state index contributed by atoms with van der Waals surface area (Å²) in [5.41, 5.74) is 0. The second-order valence-electron chi connectivity index (χ2n) is 5.29. The smallest absolute Gasteiger partial charge is 0.225 e. The molecule has 0 aliphatic carbocycles. The van der Waals surface area contributed by atoms with Crippen molar-refractivity contribution in [3.05, 3.63) is 16.9 Å². The van der Waals surface area contributed by atoms with Gasteiger partial charge in [-0.15, -0.1) is 0 Å². The van der Waals surface area contributed by atoms with Gasteiger partial charge in [-0.05, 0) is 41.2 Å². The van der Waals surface area contributed by atoms with Crippen molar-refractivity contribution >= 4 is 21.9 Å². The Morgan fingerprint density at radius 2 is 2.17 bits per heavy atom. The van der Waals surface area contributed by atoms with E-state index in [-0.39, 0.29) is 0 Å². The van der Waals surface area contributed by atoms with Crippen LogP contribution in [0.1, 0.15) is 26.7 Å². The summed E-state index contributed by atoms with van der Waals surface area (Å²) in [5.74, 6) is 1.44. The van der Waals surface area contributed by atoms with E-state index in [9.17, 15) is 0 Å². The summed E-state index contributed by atoms with van der Waals surface area (Å²) in [7, 11) is 0. The maximum Gasteiger partial charge on any atom is 0.225 e. The fourth-order valence-electron chi connectivity index (χ4n) is 2.33. The van der Waals surface area contributed by atoms with E-state index < -0.39 is 0 Å². The Hall–Kier alpha value is -0.680. The zero-order valence-corrected chi connectivity index (χ0v) is 12.7. The van der Waals surface area contributed by atoms with Gasteiger partial charge in [-0.1, -0.05) is 13.8 Å². The van der Waals surface area contributed by atoms with Crippen molar-refractivity contribution in [3.8, 4) is 0 Å². The third kappa shape index (κ3) is 3.92. The molecular weight excluding hydrogens is 292 g/mol. The molecule has 0 aromatic carbocycles. The Balaban J connectivity index is 2.05. The maximum atomic E-state index is 4.41. The predicted octanol–water partition coefficient (Wildman–Crippen LogP) is 2.45. The van der Waals surface area contributed by atoms with E-state index in [0.29, 0.717) is 12.0 Å². The van der Waals surface area contributed by atoms with Gasteiger partial charge in [0.2, 0.25) is 5.95 Å². The van der Waals surface area contributed by atoms with Crippen molar-refractivity contribution in [1.29, 1.82) is 0 Å². The van der Waals surface area contributed by atoms with E-state index >= 15 is 0 Å². The molecule has 1 aromatic heterocycles. The molecule has 1 aliphatic heterocycles. The summed E-state index contributed by atoms with van der Waals surface area (Å²) >= 11 is 3.38. The minimum atomic E-state index is 0.580.